The van der Waals surface area contributed by atoms with Gasteiger partial charge in [0.15, 0.2) is 5.78 Å². The Labute approximate surface area is 126 Å². The number of hydrogen-bond donors (Lipinski definition) is 0. The third-order valence-electron chi connectivity index (χ3n) is 4.38. The number of aromatic nitrogens is 2. The van der Waals surface area contributed by atoms with Gasteiger partial charge in [-0.2, -0.15) is 5.10 Å². The first kappa shape index (κ1) is 13.2. The van der Waals surface area contributed by atoms with Crippen molar-refractivity contribution < 1.29 is 9.72 Å². The summed E-state index contributed by atoms with van der Waals surface area (Å²) in [6, 6.07) is 6.58. The van der Waals surface area contributed by atoms with Crippen LogP contribution in [-0.2, 0) is 6.42 Å². The van der Waals surface area contributed by atoms with Crippen LogP contribution in [0.3, 0.4) is 0 Å². The number of benzene rings is 1. The number of carbonyl (C=O) groups is 1. The Kier molecular flexibility index (Phi) is 2.85. The van der Waals surface area contributed by atoms with Crippen LogP contribution in [0.1, 0.15) is 53.3 Å². The molecule has 4 rings (SSSR count). The molecule has 0 unspecified atom stereocenters. The van der Waals surface area contributed by atoms with Crippen LogP contribution in [0.4, 0.5) is 5.69 Å². The smallest absolute Gasteiger partial charge is 0.294 e. The maximum Gasteiger partial charge on any atom is 0.294 e. The number of ketones is 1. The van der Waals surface area contributed by atoms with Crippen LogP contribution < -0.4 is 0 Å². The van der Waals surface area contributed by atoms with Crippen LogP contribution in [0, 0.1) is 10.1 Å². The molecule has 2 aliphatic rings. The topological polar surface area (TPSA) is 78.0 Å². The molecular weight excluding hydrogens is 282 g/mol. The minimum atomic E-state index is -0.398. The third kappa shape index (κ3) is 1.94. The Morgan fingerprint density at radius 2 is 2.00 bits per heavy atom. The summed E-state index contributed by atoms with van der Waals surface area (Å²) >= 11 is 0. The van der Waals surface area contributed by atoms with Crippen LogP contribution in [-0.4, -0.2) is 20.5 Å². The molecule has 1 heterocycles. The van der Waals surface area contributed by atoms with Crippen LogP contribution in [0.5, 0.6) is 0 Å². The molecule has 0 saturated heterocycles. The standard InChI is InChI=1S/C16H15N3O3/c20-14-7-3-6-13-15(14)16(10-8-9-10)17-18(13)11-4-1-2-5-12(11)19(21)22/h1-2,4-5,10H,3,6-9H2. The van der Waals surface area contributed by atoms with Crippen LogP contribution in [0.25, 0.3) is 5.69 Å². The summed E-state index contributed by atoms with van der Waals surface area (Å²) in [5.41, 5.74) is 2.88. The lowest BCUT2D eigenvalue weighted by molar-refractivity contribution is -0.384. The van der Waals surface area contributed by atoms with Crippen molar-refractivity contribution in [2.45, 2.75) is 38.0 Å². The minimum Gasteiger partial charge on any atom is -0.294 e. The number of rotatable bonds is 3. The van der Waals surface area contributed by atoms with Crippen molar-refractivity contribution in [1.82, 2.24) is 9.78 Å². The fourth-order valence-electron chi connectivity index (χ4n) is 3.19. The van der Waals surface area contributed by atoms with Crippen molar-refractivity contribution in [3.8, 4) is 5.69 Å². The molecule has 112 valence electrons. The van der Waals surface area contributed by atoms with E-state index in [0.717, 1.165) is 42.6 Å². The minimum absolute atomic E-state index is 0.0215. The molecule has 2 aliphatic carbocycles. The molecule has 1 fully saturated rings. The van der Waals surface area contributed by atoms with E-state index < -0.39 is 4.92 Å². The molecule has 2 aromatic rings. The van der Waals surface area contributed by atoms with E-state index in [4.69, 9.17) is 0 Å². The first-order valence-electron chi connectivity index (χ1n) is 7.55. The molecule has 0 bridgehead atoms. The van der Waals surface area contributed by atoms with Crippen LogP contribution in [0.2, 0.25) is 0 Å². The first-order valence-corrected chi connectivity index (χ1v) is 7.55. The molecule has 1 aromatic carbocycles. The molecule has 0 radical (unpaired) electrons. The molecule has 0 spiro atoms. The predicted octanol–water partition coefficient (Wildman–Crippen LogP) is 3.18. The lowest BCUT2D eigenvalue weighted by Gasteiger charge is -2.13. The van der Waals surface area contributed by atoms with Gasteiger partial charge >= 0.3 is 0 Å². The molecule has 6 nitrogen and oxygen atoms in total. The monoisotopic (exact) mass is 297 g/mol. The molecule has 6 heteroatoms. The Bertz CT molecular complexity index is 790. The van der Waals surface area contributed by atoms with Crippen molar-refractivity contribution >= 4 is 11.5 Å². The van der Waals surface area contributed by atoms with Gasteiger partial charge in [-0.25, -0.2) is 4.68 Å². The molecule has 22 heavy (non-hydrogen) atoms. The summed E-state index contributed by atoms with van der Waals surface area (Å²) in [4.78, 5) is 23.2. The second kappa shape index (κ2) is 4.76. The molecule has 1 saturated carbocycles. The van der Waals surface area contributed by atoms with E-state index in [2.05, 4.69) is 5.10 Å². The van der Waals surface area contributed by atoms with Crippen molar-refractivity contribution in [3.63, 3.8) is 0 Å². The van der Waals surface area contributed by atoms with Gasteiger partial charge in [0.05, 0.1) is 21.9 Å². The molecular formula is C16H15N3O3. The van der Waals surface area contributed by atoms with E-state index in [1.807, 2.05) is 0 Å². The molecule has 1 aromatic heterocycles. The third-order valence-corrected chi connectivity index (χ3v) is 4.38. The lowest BCUT2D eigenvalue weighted by atomic mass is 9.93. The highest BCUT2D eigenvalue weighted by Gasteiger charge is 2.36. The summed E-state index contributed by atoms with van der Waals surface area (Å²) in [7, 11) is 0. The van der Waals surface area contributed by atoms with Gasteiger partial charge in [0, 0.05) is 18.4 Å². The number of hydrogen-bond acceptors (Lipinski definition) is 4. The molecule has 0 aliphatic heterocycles. The number of Topliss-reactive ketones (excluding diaryl/α,β-unsaturated/α-hetero) is 1. The average Bonchev–Trinajstić information content (AvgIpc) is 3.28. The number of nitro groups is 1. The van der Waals surface area contributed by atoms with Crippen molar-refractivity contribution in [2.24, 2.45) is 0 Å². The lowest BCUT2D eigenvalue weighted by Crippen LogP contribution is -2.14. The number of carbonyl (C=O) groups excluding carboxylic acids is 1. The summed E-state index contributed by atoms with van der Waals surface area (Å²) < 4.78 is 1.64. The van der Waals surface area contributed by atoms with Crippen molar-refractivity contribution in [3.05, 3.63) is 51.3 Å². The van der Waals surface area contributed by atoms with Crippen molar-refractivity contribution in [2.75, 3.05) is 0 Å². The Hall–Kier alpha value is -2.50. The highest BCUT2D eigenvalue weighted by molar-refractivity contribution is 5.99. The van der Waals surface area contributed by atoms with Gasteiger partial charge in [-0.05, 0) is 31.7 Å². The normalized spacial score (nSPS) is 17.4. The van der Waals surface area contributed by atoms with E-state index in [0.29, 0.717) is 18.0 Å². The van der Waals surface area contributed by atoms with E-state index in [1.165, 1.54) is 6.07 Å². The quantitative estimate of drug-likeness (QED) is 0.644. The van der Waals surface area contributed by atoms with E-state index >= 15 is 0 Å². The second-order valence-electron chi connectivity index (χ2n) is 5.92. The van der Waals surface area contributed by atoms with Crippen LogP contribution >= 0.6 is 0 Å². The summed E-state index contributed by atoms with van der Waals surface area (Å²) in [6.07, 6.45) is 4.17. The largest absolute Gasteiger partial charge is 0.294 e. The highest BCUT2D eigenvalue weighted by Crippen LogP contribution is 2.44. The van der Waals surface area contributed by atoms with E-state index in [1.54, 1.807) is 22.9 Å². The van der Waals surface area contributed by atoms with Crippen molar-refractivity contribution in [1.29, 1.82) is 0 Å². The summed E-state index contributed by atoms with van der Waals surface area (Å²) in [5.74, 6) is 0.479. The highest BCUT2D eigenvalue weighted by atomic mass is 16.6. The summed E-state index contributed by atoms with van der Waals surface area (Å²) in [6.45, 7) is 0. The number of nitrogens with zero attached hydrogens (tertiary/aromatic N) is 3. The van der Waals surface area contributed by atoms with Gasteiger partial charge in [0.1, 0.15) is 5.69 Å². The fourth-order valence-corrected chi connectivity index (χ4v) is 3.19. The van der Waals surface area contributed by atoms with Gasteiger partial charge < -0.3 is 0 Å². The Balaban J connectivity index is 1.95. The second-order valence-corrected chi connectivity index (χ2v) is 5.92. The zero-order chi connectivity index (χ0) is 15.3. The number of nitro benzene ring substituents is 1. The van der Waals surface area contributed by atoms with Gasteiger partial charge in [0.25, 0.3) is 5.69 Å². The SMILES string of the molecule is O=C1CCCc2c1c(C1CC1)nn2-c1ccccc1[N+](=O)[O-]. The molecule has 0 N–H and O–H groups in total. The predicted molar refractivity (Wildman–Crippen MR) is 79.5 cm³/mol. The van der Waals surface area contributed by atoms with Gasteiger partial charge in [-0.15, -0.1) is 0 Å². The molecule has 0 atom stereocenters. The zero-order valence-electron chi connectivity index (χ0n) is 12.0. The zero-order valence-corrected chi connectivity index (χ0v) is 12.0. The molecule has 0 amide bonds. The van der Waals surface area contributed by atoms with Crippen LogP contribution in [0.15, 0.2) is 24.3 Å². The average molecular weight is 297 g/mol. The Morgan fingerprint density at radius 1 is 1.23 bits per heavy atom. The number of fused-ring (bicyclic) bond motifs is 1. The van der Waals surface area contributed by atoms with E-state index in [-0.39, 0.29) is 11.5 Å². The maximum absolute atomic E-state index is 12.3. The van der Waals surface area contributed by atoms with Gasteiger partial charge in [0.2, 0.25) is 0 Å². The number of para-hydroxylation sites is 2. The van der Waals surface area contributed by atoms with Gasteiger partial charge in [-0.3, -0.25) is 14.9 Å². The summed E-state index contributed by atoms with van der Waals surface area (Å²) in [5, 5.41) is 15.9. The van der Waals surface area contributed by atoms with E-state index in [9.17, 15) is 14.9 Å². The first-order chi connectivity index (χ1) is 10.7. The Morgan fingerprint density at radius 3 is 2.73 bits per heavy atom. The maximum atomic E-state index is 12.3. The van der Waals surface area contributed by atoms with Gasteiger partial charge in [-0.1, -0.05) is 12.1 Å². The fraction of sp³-hybridized carbons (Fsp3) is 0.375.